The largest absolute Gasteiger partial charge is 0.411 e. The maximum absolute atomic E-state index is 11.7. The average Bonchev–Trinajstić information content (AvgIpc) is 2.23. The molecular weight excluding hydrogens is 221 g/mol. The second-order valence-electron chi connectivity index (χ2n) is 4.02. The Morgan fingerprint density at radius 2 is 2.12 bits per heavy atom. The first kappa shape index (κ1) is 13.7. The Balaban J connectivity index is 1.87. The molecule has 1 rings (SSSR count). The van der Waals surface area contributed by atoms with Gasteiger partial charge in [-0.25, -0.2) is 0 Å². The lowest BCUT2D eigenvalue weighted by molar-refractivity contribution is -0.173. The van der Waals surface area contributed by atoms with Crippen molar-refractivity contribution in [2.24, 2.45) is 0 Å². The van der Waals surface area contributed by atoms with E-state index in [4.69, 9.17) is 0 Å². The number of rotatable bonds is 6. The molecule has 0 spiro atoms. The molecule has 0 radical (unpaired) electrons. The Bertz CT molecular complexity index is 181. The second-order valence-corrected chi connectivity index (χ2v) is 4.02. The molecule has 1 heterocycles. The van der Waals surface area contributed by atoms with Crippen molar-refractivity contribution < 1.29 is 17.9 Å². The third-order valence-corrected chi connectivity index (χ3v) is 2.49. The lowest BCUT2D eigenvalue weighted by Gasteiger charge is -2.23. The summed E-state index contributed by atoms with van der Waals surface area (Å²) in [6.07, 6.45) is -0.642. The summed E-state index contributed by atoms with van der Waals surface area (Å²) in [6, 6.07) is 0.455. The van der Waals surface area contributed by atoms with Crippen LogP contribution in [0.3, 0.4) is 0 Å². The molecule has 6 heteroatoms. The first-order valence-corrected chi connectivity index (χ1v) is 5.66. The predicted octanol–water partition coefficient (Wildman–Crippen LogP) is 1.30. The number of alkyl halides is 3. The van der Waals surface area contributed by atoms with Crippen LogP contribution < -0.4 is 10.6 Å². The minimum absolute atomic E-state index is 0.103. The van der Waals surface area contributed by atoms with E-state index < -0.39 is 12.8 Å². The summed E-state index contributed by atoms with van der Waals surface area (Å²) in [7, 11) is 0. The fraction of sp³-hybridized carbons (Fsp3) is 1.00. The fourth-order valence-corrected chi connectivity index (χ4v) is 1.71. The predicted molar refractivity (Wildman–Crippen MR) is 55.4 cm³/mol. The van der Waals surface area contributed by atoms with Gasteiger partial charge >= 0.3 is 6.18 Å². The summed E-state index contributed by atoms with van der Waals surface area (Å²) >= 11 is 0. The maximum Gasteiger partial charge on any atom is 0.411 e. The van der Waals surface area contributed by atoms with Gasteiger partial charge in [0.2, 0.25) is 0 Å². The highest BCUT2D eigenvalue weighted by Crippen LogP contribution is 2.13. The van der Waals surface area contributed by atoms with Gasteiger partial charge in [0.15, 0.2) is 0 Å². The molecule has 0 aromatic rings. The van der Waals surface area contributed by atoms with Crippen LogP contribution in [0.5, 0.6) is 0 Å². The summed E-state index contributed by atoms with van der Waals surface area (Å²) in [6.45, 7) is 1.25. The standard InChI is InChI=1S/C10H19F3N2O/c11-10(12,13)8-16-6-5-14-7-9-3-1-2-4-15-9/h9,14-15H,1-8H2. The van der Waals surface area contributed by atoms with E-state index in [-0.39, 0.29) is 6.61 Å². The number of hydrogen-bond acceptors (Lipinski definition) is 3. The van der Waals surface area contributed by atoms with Crippen LogP contribution in [0.4, 0.5) is 13.2 Å². The van der Waals surface area contributed by atoms with Gasteiger partial charge in [-0.05, 0) is 19.4 Å². The van der Waals surface area contributed by atoms with Crippen molar-refractivity contribution in [3.8, 4) is 0 Å². The SMILES string of the molecule is FC(F)(F)COCCNCC1CCCCN1. The van der Waals surface area contributed by atoms with Crippen molar-refractivity contribution in [2.45, 2.75) is 31.5 Å². The summed E-state index contributed by atoms with van der Waals surface area (Å²) in [5.74, 6) is 0. The number of halogens is 3. The summed E-state index contributed by atoms with van der Waals surface area (Å²) < 4.78 is 39.6. The molecule has 0 saturated carbocycles. The zero-order valence-electron chi connectivity index (χ0n) is 9.28. The lowest BCUT2D eigenvalue weighted by atomic mass is 10.1. The molecular formula is C10H19F3N2O. The van der Waals surface area contributed by atoms with E-state index in [1.165, 1.54) is 12.8 Å². The molecule has 16 heavy (non-hydrogen) atoms. The summed E-state index contributed by atoms with van der Waals surface area (Å²) in [5.41, 5.74) is 0. The zero-order valence-corrected chi connectivity index (χ0v) is 9.28. The minimum atomic E-state index is -4.22. The normalized spacial score (nSPS) is 22.3. The van der Waals surface area contributed by atoms with Crippen molar-refractivity contribution in [1.29, 1.82) is 0 Å². The van der Waals surface area contributed by atoms with Gasteiger partial charge in [-0.2, -0.15) is 13.2 Å². The quantitative estimate of drug-likeness (QED) is 0.686. The van der Waals surface area contributed by atoms with E-state index in [2.05, 4.69) is 15.4 Å². The second kappa shape index (κ2) is 7.09. The molecule has 0 aromatic heterocycles. The molecule has 96 valence electrons. The van der Waals surface area contributed by atoms with Crippen LogP contribution in [-0.4, -0.2) is 45.1 Å². The van der Waals surface area contributed by atoms with Crippen LogP contribution in [0, 0.1) is 0 Å². The lowest BCUT2D eigenvalue weighted by Crippen LogP contribution is -2.42. The Labute approximate surface area is 93.7 Å². The molecule has 0 aliphatic carbocycles. The first-order valence-electron chi connectivity index (χ1n) is 5.66. The van der Waals surface area contributed by atoms with E-state index in [0.29, 0.717) is 12.6 Å². The molecule has 1 unspecified atom stereocenters. The van der Waals surface area contributed by atoms with Gasteiger partial charge in [-0.3, -0.25) is 0 Å². The molecule has 1 fully saturated rings. The van der Waals surface area contributed by atoms with Crippen LogP contribution in [-0.2, 0) is 4.74 Å². The Kier molecular flexibility index (Phi) is 6.08. The monoisotopic (exact) mass is 240 g/mol. The van der Waals surface area contributed by atoms with Crippen LogP contribution >= 0.6 is 0 Å². The van der Waals surface area contributed by atoms with Crippen molar-refractivity contribution in [3.05, 3.63) is 0 Å². The average molecular weight is 240 g/mol. The van der Waals surface area contributed by atoms with Crippen molar-refractivity contribution in [1.82, 2.24) is 10.6 Å². The molecule has 2 N–H and O–H groups in total. The van der Waals surface area contributed by atoms with Gasteiger partial charge in [0.1, 0.15) is 6.61 Å². The third-order valence-electron chi connectivity index (χ3n) is 2.49. The van der Waals surface area contributed by atoms with Gasteiger partial charge < -0.3 is 15.4 Å². The molecule has 1 aliphatic heterocycles. The topological polar surface area (TPSA) is 33.3 Å². The molecule has 0 bridgehead atoms. The summed E-state index contributed by atoms with van der Waals surface area (Å²) in [5, 5.41) is 6.44. The van der Waals surface area contributed by atoms with E-state index in [9.17, 15) is 13.2 Å². The van der Waals surface area contributed by atoms with E-state index >= 15 is 0 Å². The van der Waals surface area contributed by atoms with Crippen molar-refractivity contribution in [3.63, 3.8) is 0 Å². The van der Waals surface area contributed by atoms with E-state index in [1.54, 1.807) is 0 Å². The highest BCUT2D eigenvalue weighted by molar-refractivity contribution is 4.73. The van der Waals surface area contributed by atoms with Crippen molar-refractivity contribution in [2.75, 3.05) is 32.8 Å². The molecule has 1 aliphatic rings. The van der Waals surface area contributed by atoms with Crippen LogP contribution in [0.15, 0.2) is 0 Å². The Morgan fingerprint density at radius 3 is 2.75 bits per heavy atom. The van der Waals surface area contributed by atoms with E-state index in [0.717, 1.165) is 19.5 Å². The van der Waals surface area contributed by atoms with Crippen LogP contribution in [0.2, 0.25) is 0 Å². The molecule has 0 aromatic carbocycles. The highest BCUT2D eigenvalue weighted by atomic mass is 19.4. The number of nitrogens with one attached hydrogen (secondary N) is 2. The van der Waals surface area contributed by atoms with Gasteiger partial charge in [0.25, 0.3) is 0 Å². The van der Waals surface area contributed by atoms with Gasteiger partial charge in [-0.1, -0.05) is 6.42 Å². The van der Waals surface area contributed by atoms with E-state index in [1.807, 2.05) is 0 Å². The van der Waals surface area contributed by atoms with Crippen molar-refractivity contribution >= 4 is 0 Å². The molecule has 1 saturated heterocycles. The number of hydrogen-bond donors (Lipinski definition) is 2. The maximum atomic E-state index is 11.7. The molecule has 0 amide bonds. The number of piperidine rings is 1. The fourth-order valence-electron chi connectivity index (χ4n) is 1.71. The number of ether oxygens (including phenoxy) is 1. The first-order chi connectivity index (χ1) is 7.58. The Hall–Kier alpha value is -0.330. The summed E-state index contributed by atoms with van der Waals surface area (Å²) in [4.78, 5) is 0. The minimum Gasteiger partial charge on any atom is -0.371 e. The smallest absolute Gasteiger partial charge is 0.371 e. The van der Waals surface area contributed by atoms with Crippen LogP contribution in [0.25, 0.3) is 0 Å². The molecule has 1 atom stereocenters. The zero-order chi connectivity index (χ0) is 11.9. The van der Waals surface area contributed by atoms with Gasteiger partial charge in [-0.15, -0.1) is 0 Å². The Morgan fingerprint density at radius 1 is 1.31 bits per heavy atom. The van der Waals surface area contributed by atoms with Gasteiger partial charge in [0, 0.05) is 19.1 Å². The molecule has 3 nitrogen and oxygen atoms in total. The van der Waals surface area contributed by atoms with Crippen LogP contribution in [0.1, 0.15) is 19.3 Å². The highest BCUT2D eigenvalue weighted by Gasteiger charge is 2.27. The third kappa shape index (κ3) is 7.03. The van der Waals surface area contributed by atoms with Gasteiger partial charge in [0.05, 0.1) is 6.61 Å².